The summed E-state index contributed by atoms with van der Waals surface area (Å²) in [6, 6.07) is 22.8. The van der Waals surface area contributed by atoms with Crippen molar-refractivity contribution in [2.45, 2.75) is 9.79 Å². The van der Waals surface area contributed by atoms with Crippen LogP contribution in [0.2, 0.25) is 0 Å². The number of nitrogens with two attached hydrogens (primary N) is 1. The van der Waals surface area contributed by atoms with Gasteiger partial charge in [0.2, 0.25) is 0 Å². The molecule has 0 bridgehead atoms. The highest BCUT2D eigenvalue weighted by molar-refractivity contribution is 7.99. The number of fused-ring (bicyclic) bond motifs is 1. The van der Waals surface area contributed by atoms with Gasteiger partial charge in [-0.05, 0) is 35.0 Å². The summed E-state index contributed by atoms with van der Waals surface area (Å²) in [4.78, 5) is 2.32. The quantitative estimate of drug-likeness (QED) is 0.675. The predicted octanol–water partition coefficient (Wildman–Crippen LogP) is 4.57. The molecule has 0 amide bonds. The van der Waals surface area contributed by atoms with Crippen molar-refractivity contribution in [2.75, 3.05) is 5.73 Å². The van der Waals surface area contributed by atoms with E-state index in [-0.39, 0.29) is 0 Å². The van der Waals surface area contributed by atoms with E-state index in [0.29, 0.717) is 0 Å². The maximum Gasteiger partial charge on any atom is 0.0455 e. The highest BCUT2D eigenvalue weighted by atomic mass is 32.2. The zero-order valence-corrected chi connectivity index (χ0v) is 10.7. The second-order valence-electron chi connectivity index (χ2n) is 4.15. The Kier molecular flexibility index (Phi) is 2.95. The van der Waals surface area contributed by atoms with Crippen molar-refractivity contribution in [2.24, 2.45) is 0 Å². The molecule has 0 heterocycles. The average Bonchev–Trinajstić information content (AvgIpc) is 2.41. The first-order valence-electron chi connectivity index (χ1n) is 5.84. The zero-order chi connectivity index (χ0) is 12.4. The molecule has 0 saturated carbocycles. The number of nitrogen functional groups attached to an aromatic ring is 1. The second kappa shape index (κ2) is 4.75. The third-order valence-electron chi connectivity index (χ3n) is 2.87. The molecule has 0 aromatic heterocycles. The molecule has 88 valence electrons. The lowest BCUT2D eigenvalue weighted by molar-refractivity contribution is 1.42. The minimum Gasteiger partial charge on any atom is -0.398 e. The highest BCUT2D eigenvalue weighted by Crippen LogP contribution is 2.33. The first-order valence-corrected chi connectivity index (χ1v) is 6.66. The molecule has 0 aliphatic rings. The Morgan fingerprint density at radius 2 is 1.44 bits per heavy atom. The Labute approximate surface area is 111 Å². The van der Waals surface area contributed by atoms with Crippen LogP contribution in [0.25, 0.3) is 10.8 Å². The first kappa shape index (κ1) is 11.2. The molecule has 0 radical (unpaired) electrons. The summed E-state index contributed by atoms with van der Waals surface area (Å²) in [5, 5.41) is 2.53. The Hall–Kier alpha value is -1.93. The molecule has 0 aliphatic heterocycles. The average molecular weight is 251 g/mol. The van der Waals surface area contributed by atoms with Crippen molar-refractivity contribution in [1.29, 1.82) is 0 Å². The van der Waals surface area contributed by atoms with Crippen LogP contribution in [0.3, 0.4) is 0 Å². The number of rotatable bonds is 2. The van der Waals surface area contributed by atoms with Gasteiger partial charge >= 0.3 is 0 Å². The SMILES string of the molecule is Nc1ccccc1Sc1ccc2ccccc2c1. The molecule has 1 nitrogen and oxygen atoms in total. The van der Waals surface area contributed by atoms with Crippen LogP contribution in [-0.4, -0.2) is 0 Å². The summed E-state index contributed by atoms with van der Waals surface area (Å²) in [7, 11) is 0. The van der Waals surface area contributed by atoms with Crippen molar-refractivity contribution in [3.63, 3.8) is 0 Å². The first-order chi connectivity index (χ1) is 8.83. The van der Waals surface area contributed by atoms with E-state index in [9.17, 15) is 0 Å². The summed E-state index contributed by atoms with van der Waals surface area (Å²) in [6.07, 6.45) is 0. The number of anilines is 1. The van der Waals surface area contributed by atoms with Gasteiger partial charge in [-0.15, -0.1) is 0 Å². The summed E-state index contributed by atoms with van der Waals surface area (Å²) in [5.74, 6) is 0. The van der Waals surface area contributed by atoms with Crippen molar-refractivity contribution < 1.29 is 0 Å². The number of benzene rings is 3. The predicted molar refractivity (Wildman–Crippen MR) is 78.9 cm³/mol. The lowest BCUT2D eigenvalue weighted by Gasteiger charge is -2.06. The number of para-hydroxylation sites is 1. The zero-order valence-electron chi connectivity index (χ0n) is 9.84. The molecule has 3 aromatic carbocycles. The highest BCUT2D eigenvalue weighted by Gasteiger charge is 2.01. The monoisotopic (exact) mass is 251 g/mol. The third-order valence-corrected chi connectivity index (χ3v) is 3.95. The van der Waals surface area contributed by atoms with Gasteiger partial charge in [0, 0.05) is 15.5 Å². The molecular formula is C16H13NS. The standard InChI is InChI=1S/C16H13NS/c17-15-7-3-4-8-16(15)18-14-10-9-12-5-1-2-6-13(12)11-14/h1-11H,17H2. The normalized spacial score (nSPS) is 10.7. The molecule has 3 rings (SSSR count). The van der Waals surface area contributed by atoms with E-state index in [1.807, 2.05) is 18.2 Å². The molecule has 0 saturated heterocycles. The minimum absolute atomic E-state index is 0.829. The van der Waals surface area contributed by atoms with Gasteiger partial charge in [-0.3, -0.25) is 0 Å². The van der Waals surface area contributed by atoms with Crippen LogP contribution < -0.4 is 5.73 Å². The van der Waals surface area contributed by atoms with Gasteiger partial charge in [-0.1, -0.05) is 54.2 Å². The molecule has 18 heavy (non-hydrogen) atoms. The summed E-state index contributed by atoms with van der Waals surface area (Å²) in [5.41, 5.74) is 6.79. The minimum atomic E-state index is 0.829. The van der Waals surface area contributed by atoms with Gasteiger partial charge < -0.3 is 5.73 Å². The van der Waals surface area contributed by atoms with Crippen molar-refractivity contribution in [3.8, 4) is 0 Å². The molecule has 3 aromatic rings. The second-order valence-corrected chi connectivity index (χ2v) is 5.26. The lowest BCUT2D eigenvalue weighted by atomic mass is 10.1. The van der Waals surface area contributed by atoms with Crippen molar-refractivity contribution in [1.82, 2.24) is 0 Å². The molecule has 0 spiro atoms. The van der Waals surface area contributed by atoms with Crippen molar-refractivity contribution >= 4 is 28.2 Å². The Morgan fingerprint density at radius 1 is 0.722 bits per heavy atom. The smallest absolute Gasteiger partial charge is 0.0455 e. The lowest BCUT2D eigenvalue weighted by Crippen LogP contribution is -1.86. The van der Waals surface area contributed by atoms with Gasteiger partial charge in [0.25, 0.3) is 0 Å². The molecular weight excluding hydrogens is 238 g/mol. The van der Waals surface area contributed by atoms with E-state index >= 15 is 0 Å². The topological polar surface area (TPSA) is 26.0 Å². The fourth-order valence-electron chi connectivity index (χ4n) is 1.93. The van der Waals surface area contributed by atoms with Crippen LogP contribution in [0.1, 0.15) is 0 Å². The Morgan fingerprint density at radius 3 is 2.28 bits per heavy atom. The van der Waals surface area contributed by atoms with E-state index in [1.165, 1.54) is 15.7 Å². The Bertz CT molecular complexity index is 691. The fourth-order valence-corrected chi connectivity index (χ4v) is 2.84. The van der Waals surface area contributed by atoms with Crippen LogP contribution in [-0.2, 0) is 0 Å². The van der Waals surface area contributed by atoms with Crippen molar-refractivity contribution in [3.05, 3.63) is 66.7 Å². The van der Waals surface area contributed by atoms with Gasteiger partial charge in [-0.2, -0.15) is 0 Å². The molecule has 0 fully saturated rings. The maximum atomic E-state index is 5.96. The van der Waals surface area contributed by atoms with Crippen LogP contribution >= 0.6 is 11.8 Å². The van der Waals surface area contributed by atoms with Crippen LogP contribution in [0, 0.1) is 0 Å². The molecule has 2 heteroatoms. The summed E-state index contributed by atoms with van der Waals surface area (Å²) >= 11 is 1.70. The summed E-state index contributed by atoms with van der Waals surface area (Å²) < 4.78 is 0. The van der Waals surface area contributed by atoms with Crippen LogP contribution in [0.5, 0.6) is 0 Å². The number of hydrogen-bond acceptors (Lipinski definition) is 2. The van der Waals surface area contributed by atoms with Gasteiger partial charge in [-0.25, -0.2) is 0 Å². The molecule has 2 N–H and O–H groups in total. The van der Waals surface area contributed by atoms with E-state index in [4.69, 9.17) is 5.73 Å². The van der Waals surface area contributed by atoms with Crippen LogP contribution in [0.4, 0.5) is 5.69 Å². The maximum absolute atomic E-state index is 5.96. The Balaban J connectivity index is 1.98. The van der Waals surface area contributed by atoms with Gasteiger partial charge in [0.15, 0.2) is 0 Å². The van der Waals surface area contributed by atoms with Gasteiger partial charge in [0.1, 0.15) is 0 Å². The molecule has 0 unspecified atom stereocenters. The number of hydrogen-bond donors (Lipinski definition) is 1. The van der Waals surface area contributed by atoms with E-state index < -0.39 is 0 Å². The van der Waals surface area contributed by atoms with E-state index in [1.54, 1.807) is 11.8 Å². The molecule has 0 atom stereocenters. The van der Waals surface area contributed by atoms with Crippen LogP contribution in [0.15, 0.2) is 76.5 Å². The largest absolute Gasteiger partial charge is 0.398 e. The van der Waals surface area contributed by atoms with Gasteiger partial charge in [0.05, 0.1) is 0 Å². The van der Waals surface area contributed by atoms with E-state index in [0.717, 1.165) is 10.6 Å². The third kappa shape index (κ3) is 2.20. The molecule has 0 aliphatic carbocycles. The van der Waals surface area contributed by atoms with E-state index in [2.05, 4.69) is 48.5 Å². The summed E-state index contributed by atoms with van der Waals surface area (Å²) in [6.45, 7) is 0. The fraction of sp³-hybridized carbons (Fsp3) is 0.